The van der Waals surface area contributed by atoms with E-state index in [0.717, 1.165) is 51.9 Å². The second-order valence-corrected chi connectivity index (χ2v) is 5.62. The zero-order valence-corrected chi connectivity index (χ0v) is 10.7. The van der Waals surface area contributed by atoms with Crippen LogP contribution in [-0.4, -0.2) is 60.4 Å². The normalized spacial score (nSPS) is 29.6. The van der Waals surface area contributed by atoms with Crippen LogP contribution in [0.2, 0.25) is 0 Å². The van der Waals surface area contributed by atoms with E-state index in [1.54, 1.807) is 0 Å². The van der Waals surface area contributed by atoms with Gasteiger partial charge in [0.05, 0.1) is 6.54 Å². The monoisotopic (exact) mass is 251 g/mol. The first-order valence-electron chi connectivity index (χ1n) is 7.04. The molecule has 0 spiro atoms. The standard InChI is InChI=1S/C13H21N3O2/c17-12-8-14-5-7-16(12)11-2-1-6-15(9-11)13(18)10-3-4-10/h10-11,14H,1-9H2. The molecule has 3 aliphatic rings. The van der Waals surface area contributed by atoms with E-state index in [9.17, 15) is 9.59 Å². The minimum atomic E-state index is 0.187. The number of hydrogen-bond acceptors (Lipinski definition) is 3. The Labute approximate surface area is 107 Å². The minimum Gasteiger partial charge on any atom is -0.340 e. The van der Waals surface area contributed by atoms with E-state index in [1.807, 2.05) is 9.80 Å². The molecule has 100 valence electrons. The number of piperidine rings is 1. The fraction of sp³-hybridized carbons (Fsp3) is 0.846. The van der Waals surface area contributed by atoms with Crippen molar-refractivity contribution >= 4 is 11.8 Å². The molecule has 1 N–H and O–H groups in total. The van der Waals surface area contributed by atoms with E-state index in [0.29, 0.717) is 18.4 Å². The molecule has 1 atom stereocenters. The van der Waals surface area contributed by atoms with Crippen LogP contribution >= 0.6 is 0 Å². The Morgan fingerprint density at radius 1 is 1.22 bits per heavy atom. The molecule has 3 fully saturated rings. The van der Waals surface area contributed by atoms with Gasteiger partial charge in [0, 0.05) is 38.1 Å². The molecule has 1 aliphatic carbocycles. The fourth-order valence-corrected chi connectivity index (χ4v) is 3.01. The first-order valence-corrected chi connectivity index (χ1v) is 7.04. The van der Waals surface area contributed by atoms with Crippen LogP contribution in [-0.2, 0) is 9.59 Å². The Morgan fingerprint density at radius 3 is 2.78 bits per heavy atom. The van der Waals surface area contributed by atoms with Crippen LogP contribution in [0.5, 0.6) is 0 Å². The largest absolute Gasteiger partial charge is 0.340 e. The highest BCUT2D eigenvalue weighted by molar-refractivity contribution is 5.82. The highest BCUT2D eigenvalue weighted by Gasteiger charge is 2.37. The van der Waals surface area contributed by atoms with Crippen molar-refractivity contribution in [3.05, 3.63) is 0 Å². The van der Waals surface area contributed by atoms with Crippen molar-refractivity contribution in [1.82, 2.24) is 15.1 Å². The topological polar surface area (TPSA) is 52.7 Å². The Bertz CT molecular complexity index is 354. The third-order valence-electron chi connectivity index (χ3n) is 4.20. The Balaban J connectivity index is 1.62. The molecular formula is C13H21N3O2. The van der Waals surface area contributed by atoms with Crippen molar-refractivity contribution in [2.45, 2.75) is 31.7 Å². The maximum atomic E-state index is 12.1. The molecule has 0 aromatic carbocycles. The molecule has 3 rings (SSSR count). The molecule has 2 saturated heterocycles. The third kappa shape index (κ3) is 2.36. The summed E-state index contributed by atoms with van der Waals surface area (Å²) in [4.78, 5) is 27.9. The van der Waals surface area contributed by atoms with Crippen LogP contribution in [0.3, 0.4) is 0 Å². The molecule has 2 heterocycles. The number of nitrogens with zero attached hydrogens (tertiary/aromatic N) is 2. The number of nitrogens with one attached hydrogen (secondary N) is 1. The summed E-state index contributed by atoms with van der Waals surface area (Å²) in [6, 6.07) is 0.246. The summed E-state index contributed by atoms with van der Waals surface area (Å²) in [6.45, 7) is 3.74. The summed E-state index contributed by atoms with van der Waals surface area (Å²) in [6.07, 6.45) is 4.19. The summed E-state index contributed by atoms with van der Waals surface area (Å²) >= 11 is 0. The minimum absolute atomic E-state index is 0.187. The molecule has 0 bridgehead atoms. The molecule has 0 aromatic heterocycles. The van der Waals surface area contributed by atoms with Crippen molar-refractivity contribution in [2.75, 3.05) is 32.7 Å². The quantitative estimate of drug-likeness (QED) is 0.740. The summed E-state index contributed by atoms with van der Waals surface area (Å²) in [5, 5.41) is 3.09. The second kappa shape index (κ2) is 4.88. The van der Waals surface area contributed by atoms with Gasteiger partial charge in [0.15, 0.2) is 0 Å². The summed E-state index contributed by atoms with van der Waals surface area (Å²) in [5.74, 6) is 0.803. The van der Waals surface area contributed by atoms with E-state index in [4.69, 9.17) is 0 Å². The van der Waals surface area contributed by atoms with Crippen molar-refractivity contribution in [2.24, 2.45) is 5.92 Å². The summed E-state index contributed by atoms with van der Waals surface area (Å²) < 4.78 is 0. The van der Waals surface area contributed by atoms with Crippen LogP contribution < -0.4 is 5.32 Å². The van der Waals surface area contributed by atoms with Gasteiger partial charge in [-0.05, 0) is 25.7 Å². The zero-order chi connectivity index (χ0) is 12.5. The molecule has 2 aliphatic heterocycles. The van der Waals surface area contributed by atoms with Gasteiger partial charge in [-0.2, -0.15) is 0 Å². The van der Waals surface area contributed by atoms with Crippen LogP contribution in [0.25, 0.3) is 0 Å². The van der Waals surface area contributed by atoms with Crippen molar-refractivity contribution in [3.63, 3.8) is 0 Å². The van der Waals surface area contributed by atoms with E-state index < -0.39 is 0 Å². The average molecular weight is 251 g/mol. The van der Waals surface area contributed by atoms with Gasteiger partial charge < -0.3 is 15.1 Å². The number of piperazine rings is 1. The smallest absolute Gasteiger partial charge is 0.236 e. The van der Waals surface area contributed by atoms with E-state index in [2.05, 4.69) is 5.32 Å². The van der Waals surface area contributed by atoms with Gasteiger partial charge in [-0.1, -0.05) is 0 Å². The number of likely N-dealkylation sites (tertiary alicyclic amines) is 1. The van der Waals surface area contributed by atoms with Crippen LogP contribution in [0.1, 0.15) is 25.7 Å². The lowest BCUT2D eigenvalue weighted by Crippen LogP contribution is -2.57. The zero-order valence-electron chi connectivity index (χ0n) is 10.7. The number of amides is 2. The van der Waals surface area contributed by atoms with Crippen molar-refractivity contribution < 1.29 is 9.59 Å². The Kier molecular flexibility index (Phi) is 3.24. The van der Waals surface area contributed by atoms with Gasteiger partial charge in [-0.3, -0.25) is 9.59 Å². The van der Waals surface area contributed by atoms with Crippen molar-refractivity contribution in [1.29, 1.82) is 0 Å². The molecular weight excluding hydrogens is 230 g/mol. The highest BCUT2D eigenvalue weighted by Crippen LogP contribution is 2.32. The lowest BCUT2D eigenvalue weighted by molar-refractivity contribution is -0.141. The molecule has 18 heavy (non-hydrogen) atoms. The fourth-order valence-electron chi connectivity index (χ4n) is 3.01. The number of rotatable bonds is 2. The SMILES string of the molecule is O=C(C1CC1)N1CCCC(N2CCNCC2=O)C1. The van der Waals surface area contributed by atoms with Crippen LogP contribution in [0.15, 0.2) is 0 Å². The van der Waals surface area contributed by atoms with Crippen molar-refractivity contribution in [3.8, 4) is 0 Å². The summed E-state index contributed by atoms with van der Waals surface area (Å²) in [7, 11) is 0. The van der Waals surface area contributed by atoms with Gasteiger partial charge in [-0.25, -0.2) is 0 Å². The summed E-state index contributed by atoms with van der Waals surface area (Å²) in [5.41, 5.74) is 0. The Hall–Kier alpha value is -1.10. The molecule has 2 amide bonds. The second-order valence-electron chi connectivity index (χ2n) is 5.62. The number of hydrogen-bond donors (Lipinski definition) is 1. The van der Waals surface area contributed by atoms with Gasteiger partial charge in [0.25, 0.3) is 0 Å². The lowest BCUT2D eigenvalue weighted by atomic mass is 10.0. The highest BCUT2D eigenvalue weighted by atomic mass is 16.2. The molecule has 5 nitrogen and oxygen atoms in total. The van der Waals surface area contributed by atoms with Gasteiger partial charge in [0.1, 0.15) is 0 Å². The first kappa shape index (κ1) is 12.0. The van der Waals surface area contributed by atoms with E-state index in [-0.39, 0.29) is 11.9 Å². The van der Waals surface area contributed by atoms with E-state index in [1.165, 1.54) is 0 Å². The molecule has 5 heteroatoms. The third-order valence-corrected chi connectivity index (χ3v) is 4.20. The van der Waals surface area contributed by atoms with Gasteiger partial charge >= 0.3 is 0 Å². The predicted molar refractivity (Wildman–Crippen MR) is 66.9 cm³/mol. The van der Waals surface area contributed by atoms with Gasteiger partial charge in [-0.15, -0.1) is 0 Å². The van der Waals surface area contributed by atoms with Crippen LogP contribution in [0, 0.1) is 5.92 Å². The van der Waals surface area contributed by atoms with E-state index >= 15 is 0 Å². The predicted octanol–water partition coefficient (Wildman–Crippen LogP) is -0.181. The molecule has 0 aromatic rings. The first-order chi connectivity index (χ1) is 8.75. The number of carbonyl (C=O) groups is 2. The van der Waals surface area contributed by atoms with Crippen LogP contribution in [0.4, 0.5) is 0 Å². The molecule has 1 saturated carbocycles. The lowest BCUT2D eigenvalue weighted by Gasteiger charge is -2.41. The number of carbonyl (C=O) groups excluding carboxylic acids is 2. The van der Waals surface area contributed by atoms with Gasteiger partial charge in [0.2, 0.25) is 11.8 Å². The average Bonchev–Trinajstić information content (AvgIpc) is 3.23. The molecule has 1 unspecified atom stereocenters. The Morgan fingerprint density at radius 2 is 2.06 bits per heavy atom. The maximum absolute atomic E-state index is 12.1. The molecule has 0 radical (unpaired) electrons. The maximum Gasteiger partial charge on any atom is 0.236 e.